The van der Waals surface area contributed by atoms with Crippen molar-refractivity contribution in [2.24, 2.45) is 0 Å². The SMILES string of the molecule is COc1ccc(C(C)CC(=O)NC2CCCc3cc(N)ccc32)cc1. The predicted molar refractivity (Wildman–Crippen MR) is 101 cm³/mol. The second kappa shape index (κ2) is 7.60. The highest BCUT2D eigenvalue weighted by Crippen LogP contribution is 2.31. The summed E-state index contributed by atoms with van der Waals surface area (Å²) in [6.45, 7) is 2.08. The highest BCUT2D eigenvalue weighted by Gasteiger charge is 2.22. The molecular weight excluding hydrogens is 312 g/mol. The van der Waals surface area contributed by atoms with E-state index < -0.39 is 0 Å². The van der Waals surface area contributed by atoms with Gasteiger partial charge in [0.05, 0.1) is 13.2 Å². The average molecular weight is 338 g/mol. The predicted octanol–water partition coefficient (Wildman–Crippen LogP) is 3.96. The van der Waals surface area contributed by atoms with Crippen molar-refractivity contribution in [1.29, 1.82) is 0 Å². The van der Waals surface area contributed by atoms with Gasteiger partial charge in [-0.3, -0.25) is 4.79 Å². The van der Waals surface area contributed by atoms with E-state index in [0.29, 0.717) is 6.42 Å². The second-order valence-electron chi connectivity index (χ2n) is 6.85. The summed E-state index contributed by atoms with van der Waals surface area (Å²) in [5.74, 6) is 1.09. The third kappa shape index (κ3) is 4.13. The van der Waals surface area contributed by atoms with Gasteiger partial charge in [-0.15, -0.1) is 0 Å². The normalized spacial score (nSPS) is 17.4. The zero-order valence-electron chi connectivity index (χ0n) is 14.9. The number of methoxy groups -OCH3 is 1. The highest BCUT2D eigenvalue weighted by atomic mass is 16.5. The number of ether oxygens (including phenoxy) is 1. The molecule has 2 aromatic rings. The molecule has 132 valence electrons. The molecule has 0 aliphatic heterocycles. The van der Waals surface area contributed by atoms with Crippen LogP contribution in [0.3, 0.4) is 0 Å². The van der Waals surface area contributed by atoms with Crippen molar-refractivity contribution in [2.75, 3.05) is 12.8 Å². The van der Waals surface area contributed by atoms with Crippen molar-refractivity contribution in [3.05, 3.63) is 59.2 Å². The molecular formula is C21H26N2O2. The number of rotatable bonds is 5. The van der Waals surface area contributed by atoms with Gasteiger partial charge in [-0.1, -0.05) is 25.1 Å². The summed E-state index contributed by atoms with van der Waals surface area (Å²) < 4.78 is 5.18. The zero-order chi connectivity index (χ0) is 17.8. The van der Waals surface area contributed by atoms with Gasteiger partial charge in [0.2, 0.25) is 5.91 Å². The lowest BCUT2D eigenvalue weighted by Crippen LogP contribution is -2.31. The maximum absolute atomic E-state index is 12.5. The summed E-state index contributed by atoms with van der Waals surface area (Å²) >= 11 is 0. The summed E-state index contributed by atoms with van der Waals surface area (Å²) in [7, 11) is 1.65. The van der Waals surface area contributed by atoms with Crippen molar-refractivity contribution in [3.8, 4) is 5.75 Å². The Kier molecular flexibility index (Phi) is 5.27. The Morgan fingerprint density at radius 3 is 2.76 bits per heavy atom. The van der Waals surface area contributed by atoms with Gasteiger partial charge in [-0.25, -0.2) is 0 Å². The zero-order valence-corrected chi connectivity index (χ0v) is 14.9. The van der Waals surface area contributed by atoms with Gasteiger partial charge in [-0.2, -0.15) is 0 Å². The van der Waals surface area contributed by atoms with E-state index in [1.165, 1.54) is 11.1 Å². The van der Waals surface area contributed by atoms with Crippen molar-refractivity contribution < 1.29 is 9.53 Å². The Hall–Kier alpha value is -2.49. The summed E-state index contributed by atoms with van der Waals surface area (Å²) in [6, 6.07) is 14.0. The maximum Gasteiger partial charge on any atom is 0.221 e. The number of hydrogen-bond acceptors (Lipinski definition) is 3. The average Bonchev–Trinajstić information content (AvgIpc) is 2.61. The van der Waals surface area contributed by atoms with Crippen LogP contribution in [0.15, 0.2) is 42.5 Å². The molecule has 0 aromatic heterocycles. The van der Waals surface area contributed by atoms with Crippen LogP contribution in [-0.4, -0.2) is 13.0 Å². The molecule has 1 aliphatic rings. The lowest BCUT2D eigenvalue weighted by molar-refractivity contribution is -0.122. The number of aryl methyl sites for hydroxylation is 1. The molecule has 1 amide bonds. The number of fused-ring (bicyclic) bond motifs is 1. The van der Waals surface area contributed by atoms with E-state index in [0.717, 1.165) is 36.3 Å². The maximum atomic E-state index is 12.5. The van der Waals surface area contributed by atoms with Crippen LogP contribution in [0.1, 0.15) is 54.8 Å². The molecule has 25 heavy (non-hydrogen) atoms. The fourth-order valence-electron chi connectivity index (χ4n) is 3.57. The summed E-state index contributed by atoms with van der Waals surface area (Å²) in [4.78, 5) is 12.5. The Morgan fingerprint density at radius 2 is 2.04 bits per heavy atom. The van der Waals surface area contributed by atoms with E-state index in [-0.39, 0.29) is 17.9 Å². The summed E-state index contributed by atoms with van der Waals surface area (Å²) in [5.41, 5.74) is 10.3. The van der Waals surface area contributed by atoms with Crippen molar-refractivity contribution >= 4 is 11.6 Å². The minimum atomic E-state index is 0.0954. The first-order chi connectivity index (χ1) is 12.1. The number of carbonyl (C=O) groups is 1. The van der Waals surface area contributed by atoms with E-state index in [1.54, 1.807) is 7.11 Å². The smallest absolute Gasteiger partial charge is 0.221 e. The molecule has 0 fully saturated rings. The van der Waals surface area contributed by atoms with E-state index in [1.807, 2.05) is 36.4 Å². The number of nitrogens with one attached hydrogen (secondary N) is 1. The Balaban J connectivity index is 1.63. The number of nitrogens with two attached hydrogens (primary N) is 1. The topological polar surface area (TPSA) is 64.3 Å². The molecule has 1 aliphatic carbocycles. The van der Waals surface area contributed by atoms with Gasteiger partial charge < -0.3 is 15.8 Å². The third-order valence-electron chi connectivity index (χ3n) is 4.99. The van der Waals surface area contributed by atoms with E-state index in [9.17, 15) is 4.79 Å². The van der Waals surface area contributed by atoms with Crippen molar-refractivity contribution in [2.45, 2.75) is 44.6 Å². The molecule has 2 unspecified atom stereocenters. The first-order valence-corrected chi connectivity index (χ1v) is 8.88. The standard InChI is InChI=1S/C21H26N2O2/c1-14(15-6-9-18(25-2)10-7-15)12-21(24)23-20-5-3-4-16-13-17(22)8-11-19(16)20/h6-11,13-14,20H,3-5,12,22H2,1-2H3,(H,23,24). The Morgan fingerprint density at radius 1 is 1.28 bits per heavy atom. The second-order valence-corrected chi connectivity index (χ2v) is 6.85. The molecule has 3 N–H and O–H groups in total. The molecule has 0 radical (unpaired) electrons. The van der Waals surface area contributed by atoms with Crippen LogP contribution >= 0.6 is 0 Å². The van der Waals surface area contributed by atoms with Gasteiger partial charge in [0.15, 0.2) is 0 Å². The van der Waals surface area contributed by atoms with Gasteiger partial charge in [0, 0.05) is 12.1 Å². The van der Waals surface area contributed by atoms with Crippen LogP contribution in [-0.2, 0) is 11.2 Å². The minimum absolute atomic E-state index is 0.0954. The molecule has 0 saturated heterocycles. The molecule has 4 heteroatoms. The Bertz CT molecular complexity index is 740. The van der Waals surface area contributed by atoms with Crippen LogP contribution in [0.5, 0.6) is 5.75 Å². The van der Waals surface area contributed by atoms with Gasteiger partial charge in [0.25, 0.3) is 0 Å². The van der Waals surface area contributed by atoms with Crippen LogP contribution < -0.4 is 15.8 Å². The third-order valence-corrected chi connectivity index (χ3v) is 4.99. The fraction of sp³-hybridized carbons (Fsp3) is 0.381. The van der Waals surface area contributed by atoms with E-state index in [4.69, 9.17) is 10.5 Å². The fourth-order valence-corrected chi connectivity index (χ4v) is 3.57. The molecule has 4 nitrogen and oxygen atoms in total. The van der Waals surface area contributed by atoms with Crippen molar-refractivity contribution in [1.82, 2.24) is 5.32 Å². The number of carbonyl (C=O) groups excluding carboxylic acids is 1. The first kappa shape index (κ1) is 17.3. The first-order valence-electron chi connectivity index (χ1n) is 8.88. The van der Waals surface area contributed by atoms with Crippen LogP contribution in [0, 0.1) is 0 Å². The number of nitrogen functional groups attached to an aromatic ring is 1. The number of benzene rings is 2. The largest absolute Gasteiger partial charge is 0.497 e. The van der Waals surface area contributed by atoms with E-state index >= 15 is 0 Å². The molecule has 0 spiro atoms. The van der Waals surface area contributed by atoms with Crippen molar-refractivity contribution in [3.63, 3.8) is 0 Å². The van der Waals surface area contributed by atoms with Crippen LogP contribution in [0.25, 0.3) is 0 Å². The quantitative estimate of drug-likeness (QED) is 0.811. The molecule has 0 bridgehead atoms. The molecule has 2 aromatic carbocycles. The lowest BCUT2D eigenvalue weighted by Gasteiger charge is -2.27. The van der Waals surface area contributed by atoms with Crippen LogP contribution in [0.2, 0.25) is 0 Å². The van der Waals surface area contributed by atoms with Crippen LogP contribution in [0.4, 0.5) is 5.69 Å². The molecule has 0 heterocycles. The number of anilines is 1. The summed E-state index contributed by atoms with van der Waals surface area (Å²) in [5, 5.41) is 3.21. The molecule has 2 atom stereocenters. The number of amides is 1. The van der Waals surface area contributed by atoms with Gasteiger partial charge in [-0.05, 0) is 66.1 Å². The molecule has 0 saturated carbocycles. The molecule has 3 rings (SSSR count). The lowest BCUT2D eigenvalue weighted by atomic mass is 9.87. The summed E-state index contributed by atoms with van der Waals surface area (Å²) in [6.07, 6.45) is 3.58. The van der Waals surface area contributed by atoms with Gasteiger partial charge in [0.1, 0.15) is 5.75 Å². The monoisotopic (exact) mass is 338 g/mol. The highest BCUT2D eigenvalue weighted by molar-refractivity contribution is 5.77. The van der Waals surface area contributed by atoms with Gasteiger partial charge >= 0.3 is 0 Å². The minimum Gasteiger partial charge on any atom is -0.497 e. The Labute approximate surface area is 149 Å². The number of hydrogen-bond donors (Lipinski definition) is 2. The van der Waals surface area contributed by atoms with E-state index in [2.05, 4.69) is 18.3 Å².